The average molecular weight is 381 g/mol. The molecule has 1 aromatic heterocycles. The van der Waals surface area contributed by atoms with E-state index in [1.54, 1.807) is 0 Å². The van der Waals surface area contributed by atoms with Crippen molar-refractivity contribution in [3.8, 4) is 0 Å². The molecule has 1 heterocycles. The van der Waals surface area contributed by atoms with Gasteiger partial charge in [0.25, 0.3) is 5.91 Å². The van der Waals surface area contributed by atoms with Crippen LogP contribution in [0.5, 0.6) is 0 Å². The molecule has 2 aromatic rings. The van der Waals surface area contributed by atoms with Crippen molar-refractivity contribution in [2.45, 2.75) is 25.0 Å². The maximum Gasteiger partial charge on any atom is 0.279 e. The number of nitrogens with one attached hydrogen (secondary N) is 2. The number of thioether (sulfide) groups is 1. The van der Waals surface area contributed by atoms with E-state index in [0.717, 1.165) is 18.4 Å². The molecule has 0 spiro atoms. The lowest BCUT2D eigenvalue weighted by atomic mass is 10.2. The first-order valence-corrected chi connectivity index (χ1v) is 9.99. The normalized spacial score (nSPS) is 12.7. The zero-order chi connectivity index (χ0) is 16.9. The van der Waals surface area contributed by atoms with Crippen LogP contribution in [-0.4, -0.2) is 17.6 Å². The Morgan fingerprint density at radius 3 is 2.88 bits per heavy atom. The van der Waals surface area contributed by atoms with Gasteiger partial charge in [-0.2, -0.15) is 0 Å². The Morgan fingerprint density at radius 1 is 1.21 bits per heavy atom. The van der Waals surface area contributed by atoms with Crippen molar-refractivity contribution < 1.29 is 9.59 Å². The second-order valence-corrected chi connectivity index (χ2v) is 8.10. The van der Waals surface area contributed by atoms with E-state index in [0.29, 0.717) is 15.7 Å². The number of carbonyl (C=O) groups is 2. The molecular formula is C17H17ClN2O2S2. The van der Waals surface area contributed by atoms with Crippen LogP contribution < -0.4 is 10.9 Å². The molecule has 126 valence electrons. The Labute approximate surface area is 153 Å². The van der Waals surface area contributed by atoms with Crippen LogP contribution in [0, 0.1) is 0 Å². The highest BCUT2D eigenvalue weighted by atomic mass is 35.5. The van der Waals surface area contributed by atoms with E-state index >= 15 is 0 Å². The van der Waals surface area contributed by atoms with Crippen LogP contribution in [0.3, 0.4) is 0 Å². The molecule has 1 aromatic carbocycles. The number of halogens is 1. The molecule has 2 N–H and O–H groups in total. The molecule has 0 radical (unpaired) electrons. The summed E-state index contributed by atoms with van der Waals surface area (Å²) >= 11 is 8.91. The van der Waals surface area contributed by atoms with Crippen LogP contribution in [0.4, 0.5) is 0 Å². The Morgan fingerprint density at radius 2 is 2.08 bits per heavy atom. The summed E-state index contributed by atoms with van der Waals surface area (Å²) in [6.45, 7) is 0. The molecule has 0 saturated carbocycles. The number of hydrazine groups is 1. The summed E-state index contributed by atoms with van der Waals surface area (Å²) in [5, 5.41) is 0.688. The Bertz CT molecular complexity index is 739. The summed E-state index contributed by atoms with van der Waals surface area (Å²) in [5.74, 6) is 0.495. The Balaban J connectivity index is 1.39. The number of thiophene rings is 1. The van der Waals surface area contributed by atoms with Gasteiger partial charge in [-0.15, -0.1) is 23.1 Å². The van der Waals surface area contributed by atoms with E-state index < -0.39 is 0 Å². The fourth-order valence-electron chi connectivity index (χ4n) is 2.55. The van der Waals surface area contributed by atoms with Gasteiger partial charge < -0.3 is 0 Å². The summed E-state index contributed by atoms with van der Waals surface area (Å²) in [4.78, 5) is 25.8. The first-order valence-electron chi connectivity index (χ1n) is 7.65. The summed E-state index contributed by atoms with van der Waals surface area (Å²) in [5.41, 5.74) is 7.29. The molecule has 0 aliphatic heterocycles. The smallest absolute Gasteiger partial charge is 0.272 e. The van der Waals surface area contributed by atoms with Gasteiger partial charge in [0.05, 0.1) is 10.6 Å². The molecule has 3 rings (SSSR count). The van der Waals surface area contributed by atoms with E-state index in [1.807, 2.05) is 30.3 Å². The lowest BCUT2D eigenvalue weighted by molar-refractivity contribution is -0.119. The van der Waals surface area contributed by atoms with Crippen LogP contribution in [0.1, 0.15) is 32.1 Å². The van der Waals surface area contributed by atoms with E-state index in [4.69, 9.17) is 11.6 Å². The van der Waals surface area contributed by atoms with Gasteiger partial charge in [0.2, 0.25) is 5.91 Å². The lowest BCUT2D eigenvalue weighted by Gasteiger charge is -2.06. The summed E-state index contributed by atoms with van der Waals surface area (Å²) in [7, 11) is 0. The van der Waals surface area contributed by atoms with Gasteiger partial charge >= 0.3 is 0 Å². The molecule has 2 amide bonds. The molecule has 1 aliphatic rings. The minimum Gasteiger partial charge on any atom is -0.272 e. The highest BCUT2D eigenvalue weighted by molar-refractivity contribution is 7.99. The monoisotopic (exact) mass is 380 g/mol. The van der Waals surface area contributed by atoms with Gasteiger partial charge in [0, 0.05) is 15.7 Å². The van der Waals surface area contributed by atoms with Gasteiger partial charge in [0.1, 0.15) is 0 Å². The van der Waals surface area contributed by atoms with Crippen molar-refractivity contribution in [2.75, 3.05) is 5.75 Å². The van der Waals surface area contributed by atoms with Gasteiger partial charge in [0.15, 0.2) is 0 Å². The highest BCUT2D eigenvalue weighted by Gasteiger charge is 2.18. The number of hydrogen-bond donors (Lipinski definition) is 2. The number of amides is 2. The fourth-order valence-corrected chi connectivity index (χ4v) is 4.69. The maximum absolute atomic E-state index is 12.1. The van der Waals surface area contributed by atoms with Crippen LogP contribution >= 0.6 is 34.7 Å². The van der Waals surface area contributed by atoms with Gasteiger partial charge in [-0.3, -0.25) is 20.4 Å². The number of aryl methyl sites for hydroxylation is 2. The standard InChI is InChI=1S/C17H17ClN2O2S2/c18-13-5-1-3-11(7-13)9-23-10-16(21)19-20-17(22)15-8-12-4-2-6-14(12)24-15/h1,3,5,7-8H,2,4,6,9-10H2,(H,19,21)(H,20,22). The third kappa shape index (κ3) is 4.53. The van der Waals surface area contributed by atoms with Crippen LogP contribution in [0.2, 0.25) is 5.02 Å². The van der Waals surface area contributed by atoms with Crippen LogP contribution in [0.15, 0.2) is 30.3 Å². The third-order valence-electron chi connectivity index (χ3n) is 3.68. The highest BCUT2D eigenvalue weighted by Crippen LogP contribution is 2.30. The largest absolute Gasteiger partial charge is 0.279 e. The third-order valence-corrected chi connectivity index (χ3v) is 6.15. The van der Waals surface area contributed by atoms with E-state index in [9.17, 15) is 9.59 Å². The number of fused-ring (bicyclic) bond motifs is 1. The lowest BCUT2D eigenvalue weighted by Crippen LogP contribution is -2.42. The number of carbonyl (C=O) groups excluding carboxylic acids is 2. The summed E-state index contributed by atoms with van der Waals surface area (Å²) < 4.78 is 0. The van der Waals surface area contributed by atoms with Crippen molar-refractivity contribution >= 4 is 46.5 Å². The van der Waals surface area contributed by atoms with Crippen LogP contribution in [-0.2, 0) is 23.4 Å². The minimum atomic E-state index is -0.248. The second kappa shape index (κ2) is 8.05. The van der Waals surface area contributed by atoms with Gasteiger partial charge in [-0.1, -0.05) is 23.7 Å². The van der Waals surface area contributed by atoms with E-state index in [-0.39, 0.29) is 17.6 Å². The van der Waals surface area contributed by atoms with Crippen molar-refractivity contribution in [3.63, 3.8) is 0 Å². The van der Waals surface area contributed by atoms with Crippen molar-refractivity contribution in [1.29, 1.82) is 0 Å². The van der Waals surface area contributed by atoms with Crippen molar-refractivity contribution in [3.05, 3.63) is 56.2 Å². The number of benzene rings is 1. The first-order chi connectivity index (χ1) is 11.6. The predicted octanol–water partition coefficient (Wildman–Crippen LogP) is 3.58. The Kier molecular flexibility index (Phi) is 5.81. The quantitative estimate of drug-likeness (QED) is 0.779. The Hall–Kier alpha value is -1.50. The molecule has 1 aliphatic carbocycles. The van der Waals surface area contributed by atoms with Crippen LogP contribution in [0.25, 0.3) is 0 Å². The van der Waals surface area contributed by atoms with Gasteiger partial charge in [-0.25, -0.2) is 0 Å². The molecule has 0 bridgehead atoms. The molecule has 4 nitrogen and oxygen atoms in total. The second-order valence-electron chi connectivity index (χ2n) is 5.54. The maximum atomic E-state index is 12.1. The van der Waals surface area contributed by atoms with E-state index in [1.165, 1.54) is 40.0 Å². The molecule has 7 heteroatoms. The molecule has 0 unspecified atom stereocenters. The number of hydrogen-bond acceptors (Lipinski definition) is 4. The van der Waals surface area contributed by atoms with Crippen molar-refractivity contribution in [1.82, 2.24) is 10.9 Å². The molecular weight excluding hydrogens is 364 g/mol. The molecule has 24 heavy (non-hydrogen) atoms. The van der Waals surface area contributed by atoms with E-state index in [2.05, 4.69) is 10.9 Å². The summed E-state index contributed by atoms with van der Waals surface area (Å²) in [6, 6.07) is 9.48. The minimum absolute atomic E-state index is 0.223. The van der Waals surface area contributed by atoms with Gasteiger partial charge in [-0.05, 0) is 48.6 Å². The zero-order valence-electron chi connectivity index (χ0n) is 12.9. The number of rotatable bonds is 5. The topological polar surface area (TPSA) is 58.2 Å². The summed E-state index contributed by atoms with van der Waals surface area (Å²) in [6.07, 6.45) is 3.27. The first kappa shape index (κ1) is 17.3. The average Bonchev–Trinajstić information content (AvgIpc) is 3.14. The molecule has 0 saturated heterocycles. The molecule has 0 fully saturated rings. The fraction of sp³-hybridized carbons (Fsp3) is 0.294. The van der Waals surface area contributed by atoms with Crippen molar-refractivity contribution in [2.24, 2.45) is 0 Å². The zero-order valence-corrected chi connectivity index (χ0v) is 15.3. The predicted molar refractivity (Wildman–Crippen MR) is 99.6 cm³/mol. The SMILES string of the molecule is O=C(CSCc1cccc(Cl)c1)NNC(=O)c1cc2c(s1)CCC2. The molecule has 0 atom stereocenters.